The van der Waals surface area contributed by atoms with Crippen LogP contribution in [0.5, 0.6) is 11.5 Å². The van der Waals surface area contributed by atoms with Gasteiger partial charge in [0.15, 0.2) is 11.5 Å². The lowest BCUT2D eigenvalue weighted by Gasteiger charge is -2.12. The summed E-state index contributed by atoms with van der Waals surface area (Å²) >= 11 is 9.44. The van der Waals surface area contributed by atoms with E-state index >= 15 is 0 Å². The molecule has 0 radical (unpaired) electrons. The number of terminal acetylenes is 1. The number of methoxy groups -OCH3 is 1. The van der Waals surface area contributed by atoms with Crippen molar-refractivity contribution in [1.82, 2.24) is 0 Å². The summed E-state index contributed by atoms with van der Waals surface area (Å²) in [6.07, 6.45) is 5.19. The van der Waals surface area contributed by atoms with E-state index < -0.39 is 0 Å². The van der Waals surface area contributed by atoms with Crippen molar-refractivity contribution in [2.24, 2.45) is 0 Å². The number of hydrogen-bond donors (Lipinski definition) is 1. The summed E-state index contributed by atoms with van der Waals surface area (Å²) in [4.78, 5) is 0. The predicted octanol–water partition coefficient (Wildman–Crippen LogP) is 4.74. The zero-order chi connectivity index (χ0) is 15.9. The van der Waals surface area contributed by atoms with Gasteiger partial charge in [-0.1, -0.05) is 23.6 Å². The van der Waals surface area contributed by atoms with Crippen LogP contribution in [-0.2, 0) is 6.54 Å². The molecule has 114 valence electrons. The third-order valence-electron chi connectivity index (χ3n) is 2.96. The smallest absolute Gasteiger partial charge is 0.162 e. The maximum absolute atomic E-state index is 6.07. The van der Waals surface area contributed by atoms with E-state index in [1.54, 1.807) is 7.11 Å². The fourth-order valence-electron chi connectivity index (χ4n) is 1.87. The predicted molar refractivity (Wildman–Crippen MR) is 93.8 cm³/mol. The van der Waals surface area contributed by atoms with E-state index in [1.165, 1.54) is 0 Å². The van der Waals surface area contributed by atoms with Crippen molar-refractivity contribution in [3.63, 3.8) is 0 Å². The van der Waals surface area contributed by atoms with Gasteiger partial charge in [0.2, 0.25) is 0 Å². The molecule has 5 heteroatoms. The Morgan fingerprint density at radius 3 is 2.73 bits per heavy atom. The van der Waals surface area contributed by atoms with Gasteiger partial charge in [0.25, 0.3) is 0 Å². The first-order valence-corrected chi connectivity index (χ1v) is 7.73. The summed E-state index contributed by atoms with van der Waals surface area (Å²) in [5.41, 5.74) is 2.00. The molecule has 2 aromatic rings. The largest absolute Gasteiger partial charge is 0.493 e. The Morgan fingerprint density at radius 1 is 1.23 bits per heavy atom. The highest BCUT2D eigenvalue weighted by atomic mass is 79.9. The van der Waals surface area contributed by atoms with Crippen molar-refractivity contribution in [3.05, 3.63) is 51.5 Å². The third-order valence-corrected chi connectivity index (χ3v) is 4.19. The molecule has 0 aliphatic rings. The Labute approximate surface area is 143 Å². The summed E-state index contributed by atoms with van der Waals surface area (Å²) in [6.45, 7) is 0.856. The summed E-state index contributed by atoms with van der Waals surface area (Å²) in [6, 6.07) is 11.5. The minimum atomic E-state index is 0.214. The average Bonchev–Trinajstić information content (AvgIpc) is 2.54. The molecule has 0 spiro atoms. The highest BCUT2D eigenvalue weighted by Gasteiger charge is 2.06. The molecule has 3 nitrogen and oxygen atoms in total. The second kappa shape index (κ2) is 7.98. The molecule has 0 bridgehead atoms. The lowest BCUT2D eigenvalue weighted by Crippen LogP contribution is -2.01. The number of hydrogen-bond acceptors (Lipinski definition) is 3. The van der Waals surface area contributed by atoms with Crippen molar-refractivity contribution in [1.29, 1.82) is 0 Å². The van der Waals surface area contributed by atoms with Gasteiger partial charge in [0, 0.05) is 16.7 Å². The maximum Gasteiger partial charge on any atom is 0.162 e. The van der Waals surface area contributed by atoms with Crippen LogP contribution in [0, 0.1) is 12.3 Å². The topological polar surface area (TPSA) is 30.5 Å². The molecule has 0 atom stereocenters. The van der Waals surface area contributed by atoms with Crippen molar-refractivity contribution in [2.45, 2.75) is 6.54 Å². The van der Waals surface area contributed by atoms with Crippen molar-refractivity contribution in [2.75, 3.05) is 19.0 Å². The number of ether oxygens (including phenoxy) is 2. The van der Waals surface area contributed by atoms with E-state index in [1.807, 2.05) is 36.4 Å². The molecule has 2 aromatic carbocycles. The van der Waals surface area contributed by atoms with Gasteiger partial charge in [0.1, 0.15) is 6.61 Å². The number of nitrogens with one attached hydrogen (secondary N) is 1. The zero-order valence-corrected chi connectivity index (χ0v) is 14.4. The maximum atomic E-state index is 6.07. The third kappa shape index (κ3) is 4.33. The first kappa shape index (κ1) is 16.5. The molecule has 0 heterocycles. The van der Waals surface area contributed by atoms with Crippen LogP contribution in [0.2, 0.25) is 5.02 Å². The van der Waals surface area contributed by atoms with E-state index in [4.69, 9.17) is 27.5 Å². The second-order valence-electron chi connectivity index (χ2n) is 4.46. The first-order chi connectivity index (χ1) is 10.6. The average molecular weight is 381 g/mol. The van der Waals surface area contributed by atoms with Gasteiger partial charge < -0.3 is 14.8 Å². The molecule has 0 saturated heterocycles. The first-order valence-electron chi connectivity index (χ1n) is 6.56. The van der Waals surface area contributed by atoms with Gasteiger partial charge in [-0.25, -0.2) is 0 Å². The summed E-state index contributed by atoms with van der Waals surface area (Å²) in [5, 5.41) is 3.98. The lowest BCUT2D eigenvalue weighted by molar-refractivity contribution is 0.330. The second-order valence-corrected chi connectivity index (χ2v) is 5.72. The van der Waals surface area contributed by atoms with E-state index in [0.29, 0.717) is 23.1 Å². The van der Waals surface area contributed by atoms with Gasteiger partial charge in [-0.2, -0.15) is 0 Å². The Morgan fingerprint density at radius 2 is 2.05 bits per heavy atom. The SMILES string of the molecule is C#CCOc1ccc(CNc2ccc(Br)c(Cl)c2)cc1OC. The van der Waals surface area contributed by atoms with Crippen molar-refractivity contribution < 1.29 is 9.47 Å². The molecule has 0 aliphatic carbocycles. The zero-order valence-electron chi connectivity index (χ0n) is 12.0. The molecule has 0 saturated carbocycles. The Kier molecular flexibility index (Phi) is 6.00. The minimum absolute atomic E-state index is 0.214. The van der Waals surface area contributed by atoms with Crippen LogP contribution in [0.3, 0.4) is 0 Å². The summed E-state index contributed by atoms with van der Waals surface area (Å²) < 4.78 is 11.6. The molecule has 1 N–H and O–H groups in total. The van der Waals surface area contributed by atoms with Crippen LogP contribution in [0.25, 0.3) is 0 Å². The van der Waals surface area contributed by atoms with E-state index in [9.17, 15) is 0 Å². The lowest BCUT2D eigenvalue weighted by atomic mass is 10.2. The van der Waals surface area contributed by atoms with E-state index in [-0.39, 0.29) is 6.61 Å². The number of benzene rings is 2. The van der Waals surface area contributed by atoms with Gasteiger partial charge in [-0.3, -0.25) is 0 Å². The van der Waals surface area contributed by atoms with E-state index in [0.717, 1.165) is 15.7 Å². The van der Waals surface area contributed by atoms with Crippen LogP contribution >= 0.6 is 27.5 Å². The van der Waals surface area contributed by atoms with Gasteiger partial charge in [-0.15, -0.1) is 6.42 Å². The van der Waals surface area contributed by atoms with Crippen LogP contribution < -0.4 is 14.8 Å². The number of rotatable bonds is 6. The minimum Gasteiger partial charge on any atom is -0.493 e. The van der Waals surface area contributed by atoms with Gasteiger partial charge in [0.05, 0.1) is 12.1 Å². The fraction of sp³-hybridized carbons (Fsp3) is 0.176. The van der Waals surface area contributed by atoms with Crippen LogP contribution in [0.1, 0.15) is 5.56 Å². The number of anilines is 1. The summed E-state index contributed by atoms with van der Waals surface area (Å²) in [5.74, 6) is 3.72. The molecule has 2 rings (SSSR count). The highest BCUT2D eigenvalue weighted by Crippen LogP contribution is 2.29. The standard InChI is InChI=1S/C17H15BrClNO2/c1-3-8-22-16-7-4-12(9-17(16)21-2)11-20-13-5-6-14(18)15(19)10-13/h1,4-7,9-10,20H,8,11H2,2H3. The highest BCUT2D eigenvalue weighted by molar-refractivity contribution is 9.10. The van der Waals surface area contributed by atoms with Gasteiger partial charge in [-0.05, 0) is 51.8 Å². The molecular formula is C17H15BrClNO2. The van der Waals surface area contributed by atoms with Crippen molar-refractivity contribution >= 4 is 33.2 Å². The molecule has 0 unspecified atom stereocenters. The Balaban J connectivity index is 2.06. The normalized spacial score (nSPS) is 9.91. The quantitative estimate of drug-likeness (QED) is 0.735. The Hall–Kier alpha value is -1.83. The van der Waals surface area contributed by atoms with E-state index in [2.05, 4.69) is 27.2 Å². The Bertz CT molecular complexity index is 698. The molecule has 0 amide bonds. The molecular weight excluding hydrogens is 366 g/mol. The fourth-order valence-corrected chi connectivity index (χ4v) is 2.30. The van der Waals surface area contributed by atoms with Crippen LogP contribution in [0.15, 0.2) is 40.9 Å². The van der Waals surface area contributed by atoms with Gasteiger partial charge >= 0.3 is 0 Å². The van der Waals surface area contributed by atoms with Crippen molar-refractivity contribution in [3.8, 4) is 23.8 Å². The van der Waals surface area contributed by atoms with Crippen LogP contribution in [-0.4, -0.2) is 13.7 Å². The monoisotopic (exact) mass is 379 g/mol. The molecule has 0 aromatic heterocycles. The summed E-state index contributed by atoms with van der Waals surface area (Å²) in [7, 11) is 1.60. The molecule has 22 heavy (non-hydrogen) atoms. The number of halogens is 2. The van der Waals surface area contributed by atoms with Crippen LogP contribution in [0.4, 0.5) is 5.69 Å². The molecule has 0 aliphatic heterocycles. The molecule has 0 fully saturated rings.